The molecule has 1 atom stereocenters. The van der Waals surface area contributed by atoms with Crippen LogP contribution in [0.5, 0.6) is 0 Å². The molecule has 0 radical (unpaired) electrons. The van der Waals surface area contributed by atoms with Gasteiger partial charge in [0.2, 0.25) is 0 Å². The van der Waals surface area contributed by atoms with Crippen LogP contribution in [-0.4, -0.2) is 6.04 Å². The fourth-order valence-corrected chi connectivity index (χ4v) is 1.99. The summed E-state index contributed by atoms with van der Waals surface area (Å²) >= 11 is 3.16. The van der Waals surface area contributed by atoms with E-state index in [0.717, 1.165) is 12.1 Å². The monoisotopic (exact) mass is 301 g/mol. The molecule has 0 aromatic heterocycles. The number of rotatable bonds is 7. The van der Waals surface area contributed by atoms with E-state index >= 15 is 0 Å². The van der Waals surface area contributed by atoms with Crippen molar-refractivity contribution in [3.8, 4) is 0 Å². The average Bonchev–Trinajstić information content (AvgIpc) is 2.31. The molecule has 1 aromatic rings. The molecule has 0 fully saturated rings. The smallest absolute Gasteiger partial charge is 0.137 e. The normalized spacial score (nSPS) is 12.7. The number of unbranched alkanes of at least 4 members (excludes halogenated alkanes) is 2. The third kappa shape index (κ3) is 5.64. The van der Waals surface area contributed by atoms with Crippen molar-refractivity contribution in [2.75, 3.05) is 0 Å². The van der Waals surface area contributed by atoms with Gasteiger partial charge in [0.15, 0.2) is 0 Å². The van der Waals surface area contributed by atoms with Gasteiger partial charge in [-0.1, -0.05) is 32.3 Å². The van der Waals surface area contributed by atoms with Crippen LogP contribution in [0.15, 0.2) is 22.7 Å². The van der Waals surface area contributed by atoms with E-state index in [4.69, 9.17) is 0 Å². The molecule has 96 valence electrons. The highest BCUT2D eigenvalue weighted by Gasteiger charge is 2.03. The van der Waals surface area contributed by atoms with Crippen LogP contribution in [0.1, 0.15) is 45.1 Å². The van der Waals surface area contributed by atoms with Gasteiger partial charge in [-0.05, 0) is 47.0 Å². The molecule has 0 saturated carbocycles. The van der Waals surface area contributed by atoms with Crippen LogP contribution in [0.25, 0.3) is 0 Å². The van der Waals surface area contributed by atoms with Gasteiger partial charge in [-0.15, -0.1) is 0 Å². The molecule has 17 heavy (non-hydrogen) atoms. The van der Waals surface area contributed by atoms with Crippen LogP contribution in [0.4, 0.5) is 4.39 Å². The number of benzene rings is 1. The molecule has 3 heteroatoms. The van der Waals surface area contributed by atoms with Gasteiger partial charge in [0, 0.05) is 12.6 Å². The van der Waals surface area contributed by atoms with Crippen molar-refractivity contribution in [3.05, 3.63) is 34.1 Å². The number of hydrogen-bond acceptors (Lipinski definition) is 1. The molecule has 0 aliphatic heterocycles. The van der Waals surface area contributed by atoms with Crippen LogP contribution in [-0.2, 0) is 6.54 Å². The lowest BCUT2D eigenvalue weighted by atomic mass is 10.1. The molecule has 0 bridgehead atoms. The Balaban J connectivity index is 2.31. The molecule has 1 nitrogen and oxygen atoms in total. The first kappa shape index (κ1) is 14.7. The maximum Gasteiger partial charge on any atom is 0.137 e. The maximum atomic E-state index is 13.3. The van der Waals surface area contributed by atoms with Crippen molar-refractivity contribution in [1.82, 2.24) is 5.32 Å². The summed E-state index contributed by atoms with van der Waals surface area (Å²) in [5.41, 5.74) is 0.994. The Bertz CT molecular complexity index is 341. The number of nitrogens with one attached hydrogen (secondary N) is 1. The molecule has 1 aromatic carbocycles. The third-order valence-corrected chi connectivity index (χ3v) is 3.52. The topological polar surface area (TPSA) is 12.0 Å². The standard InChI is InChI=1S/C14H21BrFN/c1-3-4-5-6-11(2)17-10-12-7-8-13(15)14(16)9-12/h7-9,11,17H,3-6,10H2,1-2H3. The van der Waals surface area contributed by atoms with Crippen LogP contribution in [0, 0.1) is 5.82 Å². The highest BCUT2D eigenvalue weighted by atomic mass is 79.9. The lowest BCUT2D eigenvalue weighted by Crippen LogP contribution is -2.25. The van der Waals surface area contributed by atoms with Gasteiger partial charge in [0.25, 0.3) is 0 Å². The van der Waals surface area contributed by atoms with E-state index in [1.165, 1.54) is 25.7 Å². The third-order valence-electron chi connectivity index (χ3n) is 2.88. The summed E-state index contributed by atoms with van der Waals surface area (Å²) in [5.74, 6) is -0.192. The minimum absolute atomic E-state index is 0.192. The van der Waals surface area contributed by atoms with E-state index in [-0.39, 0.29) is 5.82 Å². The maximum absolute atomic E-state index is 13.3. The predicted molar refractivity (Wildman–Crippen MR) is 74.5 cm³/mol. The van der Waals surface area contributed by atoms with E-state index in [1.54, 1.807) is 12.1 Å². The molecule has 0 aliphatic rings. The van der Waals surface area contributed by atoms with Gasteiger partial charge in [-0.25, -0.2) is 4.39 Å². The van der Waals surface area contributed by atoms with Crippen LogP contribution < -0.4 is 5.32 Å². The van der Waals surface area contributed by atoms with Crippen molar-refractivity contribution < 1.29 is 4.39 Å². The van der Waals surface area contributed by atoms with Crippen molar-refractivity contribution in [2.24, 2.45) is 0 Å². The Kier molecular flexibility index (Phi) is 6.75. The first-order chi connectivity index (χ1) is 8.13. The number of halogens is 2. The lowest BCUT2D eigenvalue weighted by molar-refractivity contribution is 0.486. The van der Waals surface area contributed by atoms with Crippen molar-refractivity contribution in [2.45, 2.75) is 52.1 Å². The highest BCUT2D eigenvalue weighted by molar-refractivity contribution is 9.10. The molecular formula is C14H21BrFN. The minimum atomic E-state index is -0.192. The van der Waals surface area contributed by atoms with E-state index in [9.17, 15) is 4.39 Å². The van der Waals surface area contributed by atoms with Gasteiger partial charge in [0.1, 0.15) is 5.82 Å². The Morgan fingerprint density at radius 1 is 1.35 bits per heavy atom. The Morgan fingerprint density at radius 3 is 2.76 bits per heavy atom. The molecule has 1 rings (SSSR count). The minimum Gasteiger partial charge on any atom is -0.310 e. The van der Waals surface area contributed by atoms with Gasteiger partial charge in [-0.3, -0.25) is 0 Å². The second-order valence-electron chi connectivity index (χ2n) is 4.53. The van der Waals surface area contributed by atoms with Crippen molar-refractivity contribution in [1.29, 1.82) is 0 Å². The summed E-state index contributed by atoms with van der Waals surface area (Å²) < 4.78 is 13.8. The zero-order chi connectivity index (χ0) is 12.7. The molecule has 1 unspecified atom stereocenters. The summed E-state index contributed by atoms with van der Waals surface area (Å²) in [4.78, 5) is 0. The number of hydrogen-bond donors (Lipinski definition) is 1. The lowest BCUT2D eigenvalue weighted by Gasteiger charge is -2.13. The van der Waals surface area contributed by atoms with E-state index in [0.29, 0.717) is 10.5 Å². The molecule has 0 spiro atoms. The summed E-state index contributed by atoms with van der Waals surface area (Å²) in [6, 6.07) is 5.77. The Labute approximate surface area is 112 Å². The quantitative estimate of drug-likeness (QED) is 0.723. The van der Waals surface area contributed by atoms with E-state index in [2.05, 4.69) is 35.1 Å². The zero-order valence-electron chi connectivity index (χ0n) is 10.6. The summed E-state index contributed by atoms with van der Waals surface area (Å²) in [5, 5.41) is 3.42. The Hall–Kier alpha value is -0.410. The highest BCUT2D eigenvalue weighted by Crippen LogP contribution is 2.16. The fraction of sp³-hybridized carbons (Fsp3) is 0.571. The van der Waals surface area contributed by atoms with E-state index < -0.39 is 0 Å². The first-order valence-corrected chi connectivity index (χ1v) is 7.10. The molecule has 0 saturated heterocycles. The van der Waals surface area contributed by atoms with Crippen molar-refractivity contribution in [3.63, 3.8) is 0 Å². The summed E-state index contributed by atoms with van der Waals surface area (Å²) in [6.45, 7) is 5.13. The largest absolute Gasteiger partial charge is 0.310 e. The van der Waals surface area contributed by atoms with Gasteiger partial charge >= 0.3 is 0 Å². The van der Waals surface area contributed by atoms with Crippen molar-refractivity contribution >= 4 is 15.9 Å². The fourth-order valence-electron chi connectivity index (χ4n) is 1.74. The van der Waals surface area contributed by atoms with Gasteiger partial charge in [-0.2, -0.15) is 0 Å². The Morgan fingerprint density at radius 2 is 2.12 bits per heavy atom. The average molecular weight is 302 g/mol. The van der Waals surface area contributed by atoms with Gasteiger partial charge < -0.3 is 5.32 Å². The van der Waals surface area contributed by atoms with Crippen LogP contribution >= 0.6 is 15.9 Å². The molecular weight excluding hydrogens is 281 g/mol. The molecule has 1 N–H and O–H groups in total. The van der Waals surface area contributed by atoms with Crippen LogP contribution in [0.2, 0.25) is 0 Å². The SMILES string of the molecule is CCCCCC(C)NCc1ccc(Br)c(F)c1. The predicted octanol–water partition coefficient (Wildman–Crippen LogP) is 4.65. The first-order valence-electron chi connectivity index (χ1n) is 6.30. The molecule has 0 heterocycles. The summed E-state index contributed by atoms with van der Waals surface area (Å²) in [7, 11) is 0. The summed E-state index contributed by atoms with van der Waals surface area (Å²) in [6.07, 6.45) is 5.00. The second-order valence-corrected chi connectivity index (χ2v) is 5.38. The zero-order valence-corrected chi connectivity index (χ0v) is 12.2. The molecule has 0 aliphatic carbocycles. The second kappa shape index (κ2) is 7.83. The van der Waals surface area contributed by atoms with Crippen LogP contribution in [0.3, 0.4) is 0 Å². The van der Waals surface area contributed by atoms with E-state index in [1.807, 2.05) is 6.07 Å². The van der Waals surface area contributed by atoms with Gasteiger partial charge in [0.05, 0.1) is 4.47 Å². The molecule has 0 amide bonds.